The number of aliphatic hydroxyl groups excluding tert-OH is 1. The minimum Gasteiger partial charge on any atom is -0.496 e. The highest BCUT2D eigenvalue weighted by Crippen LogP contribution is 2.36. The van der Waals surface area contributed by atoms with Crippen LogP contribution in [0.2, 0.25) is 0 Å². The Morgan fingerprint density at radius 2 is 2.03 bits per heavy atom. The summed E-state index contributed by atoms with van der Waals surface area (Å²) in [7, 11) is 5.10. The Morgan fingerprint density at radius 1 is 1.26 bits per heavy atom. The number of thioether (sulfide) groups is 1. The van der Waals surface area contributed by atoms with Gasteiger partial charge in [0.15, 0.2) is 0 Å². The van der Waals surface area contributed by atoms with Crippen molar-refractivity contribution in [2.45, 2.75) is 11.8 Å². The number of hydrogen-bond donors (Lipinski definition) is 3. The molecule has 0 bridgehead atoms. The molecule has 0 saturated heterocycles. The predicted octanol–water partition coefficient (Wildman–Crippen LogP) is 3.78. The van der Waals surface area contributed by atoms with Crippen molar-refractivity contribution in [3.8, 4) is 5.75 Å². The van der Waals surface area contributed by atoms with E-state index in [9.17, 15) is 9.90 Å². The highest BCUT2D eigenvalue weighted by Gasteiger charge is 2.16. The molecule has 2 aromatic carbocycles. The quantitative estimate of drug-likeness (QED) is 0.282. The Balaban J connectivity index is 2.75. The second-order valence-corrected chi connectivity index (χ2v) is 7.98. The van der Waals surface area contributed by atoms with Crippen molar-refractivity contribution in [1.82, 2.24) is 10.2 Å². The monoisotopic (exact) mass is 439 g/mol. The van der Waals surface area contributed by atoms with Gasteiger partial charge in [-0.1, -0.05) is 12.1 Å². The average molecular weight is 440 g/mol. The number of carbonyl (C=O) groups excluding carboxylic acids is 1. The lowest BCUT2D eigenvalue weighted by Gasteiger charge is -2.19. The zero-order valence-corrected chi connectivity index (χ0v) is 19.1. The fourth-order valence-corrected chi connectivity index (χ4v) is 3.82. The van der Waals surface area contributed by atoms with Crippen molar-refractivity contribution in [2.75, 3.05) is 33.6 Å². The van der Waals surface area contributed by atoms with Gasteiger partial charge < -0.3 is 25.5 Å². The molecular weight excluding hydrogens is 410 g/mol. The lowest BCUT2D eigenvalue weighted by molar-refractivity contribution is -0.114. The Kier molecular flexibility index (Phi) is 9.37. The molecule has 0 aliphatic rings. The van der Waals surface area contributed by atoms with Crippen LogP contribution in [0.25, 0.3) is 11.1 Å². The third-order valence-electron chi connectivity index (χ3n) is 4.64. The van der Waals surface area contributed by atoms with E-state index < -0.39 is 0 Å². The minimum atomic E-state index is 0.0912. The summed E-state index contributed by atoms with van der Waals surface area (Å²) < 4.78 is 5.64. The number of aryl methyl sites for hydroxylation is 1. The van der Waals surface area contributed by atoms with E-state index in [1.54, 1.807) is 45.4 Å². The number of amides is 1. The van der Waals surface area contributed by atoms with Crippen LogP contribution in [0.3, 0.4) is 0 Å². The van der Waals surface area contributed by atoms with Gasteiger partial charge in [-0.15, -0.1) is 11.8 Å². The summed E-state index contributed by atoms with van der Waals surface area (Å²) in [5.74, 6) is 1.27. The highest BCUT2D eigenvalue weighted by atomic mass is 32.2. The summed E-state index contributed by atoms with van der Waals surface area (Å²) in [6.45, 7) is 2.10. The summed E-state index contributed by atoms with van der Waals surface area (Å²) in [5.41, 5.74) is 5.25. The minimum absolute atomic E-state index is 0.0912. The third-order valence-corrected chi connectivity index (χ3v) is 5.61. The Labute approximate surface area is 188 Å². The number of benzene rings is 2. The van der Waals surface area contributed by atoms with Crippen LogP contribution in [-0.4, -0.2) is 56.2 Å². The fraction of sp³-hybridized carbons (Fsp3) is 0.250. The van der Waals surface area contributed by atoms with E-state index in [0.717, 1.165) is 44.7 Å². The molecule has 1 amide bonds. The molecule has 0 aromatic heterocycles. The molecule has 0 radical (unpaired) electrons. The van der Waals surface area contributed by atoms with Crippen molar-refractivity contribution in [1.29, 1.82) is 5.41 Å². The van der Waals surface area contributed by atoms with Gasteiger partial charge in [-0.05, 0) is 47.9 Å². The molecular formula is C24H29N3O3S. The fourth-order valence-electron chi connectivity index (χ4n) is 3.12. The van der Waals surface area contributed by atoms with Crippen LogP contribution in [0, 0.1) is 12.3 Å². The smallest absolute Gasteiger partial charge is 0.213 e. The SMILES string of the molecule is CN/C=C(\C=N)c1ccc(C)c(/C(=C\N(C)C=O)c2cc(SCCO)ccc2OC)c1. The first-order valence-electron chi connectivity index (χ1n) is 9.79. The molecule has 6 nitrogen and oxygen atoms in total. The first-order valence-corrected chi connectivity index (χ1v) is 10.8. The van der Waals surface area contributed by atoms with Gasteiger partial charge in [0.2, 0.25) is 6.41 Å². The molecule has 3 N–H and O–H groups in total. The third kappa shape index (κ3) is 6.23. The summed E-state index contributed by atoms with van der Waals surface area (Å²) in [5, 5.41) is 19.9. The maximum Gasteiger partial charge on any atom is 0.213 e. The molecule has 2 rings (SSSR count). The molecule has 0 heterocycles. The van der Waals surface area contributed by atoms with Gasteiger partial charge in [-0.2, -0.15) is 0 Å². The van der Waals surface area contributed by atoms with Crippen LogP contribution in [0.5, 0.6) is 5.75 Å². The number of hydrogen-bond acceptors (Lipinski definition) is 6. The zero-order chi connectivity index (χ0) is 22.8. The first-order chi connectivity index (χ1) is 15.0. The van der Waals surface area contributed by atoms with Crippen molar-refractivity contribution < 1.29 is 14.6 Å². The standard InChI is InChI=1S/C24H29N3O3S/c1-17-5-6-18(19(13-25)14-26-2)11-21(17)23(15-27(3)16-29)22-12-20(31-10-9-28)7-8-24(22)30-4/h5-8,11-16,25-26,28H,9-10H2,1-4H3/b19-14+,23-15+,25-13?. The van der Waals surface area contributed by atoms with Crippen LogP contribution in [0.1, 0.15) is 22.3 Å². The number of ether oxygens (including phenoxy) is 1. The molecule has 0 atom stereocenters. The van der Waals surface area contributed by atoms with Crippen molar-refractivity contribution in [3.63, 3.8) is 0 Å². The lowest BCUT2D eigenvalue weighted by atomic mass is 9.91. The molecule has 0 fully saturated rings. The Bertz CT molecular complexity index is 986. The van der Waals surface area contributed by atoms with E-state index in [-0.39, 0.29) is 6.61 Å². The number of methoxy groups -OCH3 is 1. The van der Waals surface area contributed by atoms with E-state index >= 15 is 0 Å². The summed E-state index contributed by atoms with van der Waals surface area (Å²) in [6.07, 6.45) is 5.61. The van der Waals surface area contributed by atoms with Crippen LogP contribution >= 0.6 is 11.8 Å². The number of rotatable bonds is 11. The summed E-state index contributed by atoms with van der Waals surface area (Å²) >= 11 is 1.55. The van der Waals surface area contributed by atoms with Crippen LogP contribution < -0.4 is 10.1 Å². The van der Waals surface area contributed by atoms with Crippen LogP contribution in [-0.2, 0) is 4.79 Å². The van der Waals surface area contributed by atoms with E-state index in [4.69, 9.17) is 10.1 Å². The largest absolute Gasteiger partial charge is 0.496 e. The summed E-state index contributed by atoms with van der Waals surface area (Å²) in [6, 6.07) is 11.8. The topological polar surface area (TPSA) is 85.7 Å². The lowest BCUT2D eigenvalue weighted by Crippen LogP contribution is -2.09. The van der Waals surface area contributed by atoms with Crippen molar-refractivity contribution in [2.24, 2.45) is 0 Å². The van der Waals surface area contributed by atoms with E-state index in [1.807, 2.05) is 43.3 Å². The Hall–Kier alpha value is -3.03. The van der Waals surface area contributed by atoms with Gasteiger partial charge in [0.25, 0.3) is 0 Å². The van der Waals surface area contributed by atoms with Crippen LogP contribution in [0.4, 0.5) is 0 Å². The predicted molar refractivity (Wildman–Crippen MR) is 129 cm³/mol. The molecule has 0 saturated carbocycles. The maximum atomic E-state index is 11.4. The van der Waals surface area contributed by atoms with Gasteiger partial charge in [0, 0.05) is 60.1 Å². The van der Waals surface area contributed by atoms with Crippen molar-refractivity contribution >= 4 is 35.5 Å². The molecule has 0 spiro atoms. The average Bonchev–Trinajstić information content (AvgIpc) is 2.80. The van der Waals surface area contributed by atoms with Gasteiger partial charge >= 0.3 is 0 Å². The number of nitrogens with one attached hydrogen (secondary N) is 2. The van der Waals surface area contributed by atoms with Gasteiger partial charge in [0.1, 0.15) is 5.75 Å². The van der Waals surface area contributed by atoms with Gasteiger partial charge in [-0.25, -0.2) is 0 Å². The molecule has 7 heteroatoms. The second-order valence-electron chi connectivity index (χ2n) is 6.81. The normalized spacial score (nSPS) is 11.8. The van der Waals surface area contributed by atoms with Crippen LogP contribution in [0.15, 0.2) is 53.7 Å². The van der Waals surface area contributed by atoms with E-state index in [0.29, 0.717) is 11.5 Å². The van der Waals surface area contributed by atoms with E-state index in [1.165, 1.54) is 11.1 Å². The highest BCUT2D eigenvalue weighted by molar-refractivity contribution is 7.99. The molecule has 0 aliphatic carbocycles. The van der Waals surface area contributed by atoms with Gasteiger partial charge in [0.05, 0.1) is 13.7 Å². The Morgan fingerprint density at radius 3 is 2.65 bits per heavy atom. The van der Waals surface area contributed by atoms with E-state index in [2.05, 4.69) is 5.32 Å². The number of allylic oxidation sites excluding steroid dienone is 1. The molecule has 0 unspecified atom stereocenters. The number of nitrogens with zero attached hydrogens (tertiary/aromatic N) is 1. The molecule has 0 aliphatic heterocycles. The summed E-state index contributed by atoms with van der Waals surface area (Å²) in [4.78, 5) is 13.9. The maximum absolute atomic E-state index is 11.4. The number of aliphatic hydroxyl groups is 1. The van der Waals surface area contributed by atoms with Gasteiger partial charge in [-0.3, -0.25) is 4.79 Å². The molecule has 164 valence electrons. The zero-order valence-electron chi connectivity index (χ0n) is 18.3. The number of carbonyl (C=O) groups is 1. The second kappa shape index (κ2) is 12.0. The molecule has 2 aromatic rings. The van der Waals surface area contributed by atoms with Crippen molar-refractivity contribution in [3.05, 3.63) is 71.1 Å². The molecule has 31 heavy (non-hydrogen) atoms. The first kappa shape index (κ1) is 24.2.